The van der Waals surface area contributed by atoms with Gasteiger partial charge >= 0.3 is 5.97 Å². The topological polar surface area (TPSA) is 55.8 Å². The zero-order valence-corrected chi connectivity index (χ0v) is 11.4. The highest BCUT2D eigenvalue weighted by atomic mass is 16.5. The summed E-state index contributed by atoms with van der Waals surface area (Å²) < 4.78 is 11.1. The molecule has 0 amide bonds. The average molecular weight is 272 g/mol. The van der Waals surface area contributed by atoms with Crippen molar-refractivity contribution < 1.29 is 19.4 Å². The van der Waals surface area contributed by atoms with E-state index < -0.39 is 5.97 Å². The summed E-state index contributed by atoms with van der Waals surface area (Å²) in [6.07, 6.45) is 0. The summed E-state index contributed by atoms with van der Waals surface area (Å²) in [6, 6.07) is 12.1. The molecule has 0 saturated carbocycles. The number of hydrogen-bond donors (Lipinski definition) is 1. The molecular formula is C16H16O4. The second kappa shape index (κ2) is 6.10. The Morgan fingerprint density at radius 1 is 1.15 bits per heavy atom. The first-order chi connectivity index (χ1) is 9.60. The Labute approximate surface area is 117 Å². The quantitative estimate of drug-likeness (QED) is 0.897. The molecule has 2 aromatic rings. The summed E-state index contributed by atoms with van der Waals surface area (Å²) in [7, 11) is 0. The molecule has 0 aromatic heterocycles. The second-order valence-electron chi connectivity index (χ2n) is 4.30. The van der Waals surface area contributed by atoms with Gasteiger partial charge in [0, 0.05) is 6.07 Å². The largest absolute Gasteiger partial charge is 0.494 e. The number of aromatic carboxylic acids is 1. The molecule has 0 saturated heterocycles. The van der Waals surface area contributed by atoms with Gasteiger partial charge in [0.05, 0.1) is 12.2 Å². The molecular weight excluding hydrogens is 256 g/mol. The van der Waals surface area contributed by atoms with Crippen LogP contribution < -0.4 is 9.47 Å². The van der Waals surface area contributed by atoms with Crippen LogP contribution in [0.1, 0.15) is 22.8 Å². The lowest BCUT2D eigenvalue weighted by Crippen LogP contribution is -1.98. The van der Waals surface area contributed by atoms with E-state index in [0.717, 1.165) is 11.3 Å². The highest BCUT2D eigenvalue weighted by molar-refractivity contribution is 5.88. The lowest BCUT2D eigenvalue weighted by atomic mass is 10.1. The Morgan fingerprint density at radius 2 is 1.90 bits per heavy atom. The van der Waals surface area contributed by atoms with Gasteiger partial charge in [-0.3, -0.25) is 0 Å². The molecule has 2 aromatic carbocycles. The van der Waals surface area contributed by atoms with Crippen molar-refractivity contribution in [1.82, 2.24) is 0 Å². The fraction of sp³-hybridized carbons (Fsp3) is 0.188. The van der Waals surface area contributed by atoms with Gasteiger partial charge in [0.25, 0.3) is 0 Å². The van der Waals surface area contributed by atoms with Crippen LogP contribution in [0.15, 0.2) is 42.5 Å². The molecule has 0 unspecified atom stereocenters. The van der Waals surface area contributed by atoms with Crippen LogP contribution in [0.5, 0.6) is 17.2 Å². The number of benzene rings is 2. The number of carboxylic acid groups (broad SMARTS) is 1. The average Bonchev–Trinajstić information content (AvgIpc) is 2.42. The smallest absolute Gasteiger partial charge is 0.335 e. The van der Waals surface area contributed by atoms with Crippen molar-refractivity contribution in [2.75, 3.05) is 6.61 Å². The first-order valence-corrected chi connectivity index (χ1v) is 6.35. The van der Waals surface area contributed by atoms with Crippen molar-refractivity contribution in [3.05, 3.63) is 53.6 Å². The van der Waals surface area contributed by atoms with Gasteiger partial charge in [-0.2, -0.15) is 0 Å². The van der Waals surface area contributed by atoms with E-state index in [1.807, 2.05) is 26.0 Å². The van der Waals surface area contributed by atoms with Crippen molar-refractivity contribution in [3.63, 3.8) is 0 Å². The van der Waals surface area contributed by atoms with E-state index in [1.54, 1.807) is 24.3 Å². The van der Waals surface area contributed by atoms with Crippen LogP contribution in [-0.4, -0.2) is 17.7 Å². The van der Waals surface area contributed by atoms with E-state index in [4.69, 9.17) is 14.6 Å². The van der Waals surface area contributed by atoms with E-state index >= 15 is 0 Å². The number of ether oxygens (including phenoxy) is 2. The summed E-state index contributed by atoms with van der Waals surface area (Å²) in [5, 5.41) is 9.00. The number of rotatable bonds is 5. The second-order valence-corrected chi connectivity index (χ2v) is 4.30. The number of aryl methyl sites for hydroxylation is 1. The highest BCUT2D eigenvalue weighted by Gasteiger charge is 2.08. The zero-order chi connectivity index (χ0) is 14.5. The van der Waals surface area contributed by atoms with Crippen LogP contribution in [0.3, 0.4) is 0 Å². The van der Waals surface area contributed by atoms with Gasteiger partial charge in [-0.05, 0) is 43.7 Å². The van der Waals surface area contributed by atoms with Gasteiger partial charge in [0.2, 0.25) is 0 Å². The maximum absolute atomic E-state index is 11.0. The fourth-order valence-electron chi connectivity index (χ4n) is 1.76. The maximum atomic E-state index is 11.0. The molecule has 0 atom stereocenters. The van der Waals surface area contributed by atoms with Crippen LogP contribution in [0, 0.1) is 6.92 Å². The molecule has 0 aliphatic carbocycles. The van der Waals surface area contributed by atoms with Crippen molar-refractivity contribution in [1.29, 1.82) is 0 Å². The lowest BCUT2D eigenvalue weighted by Gasteiger charge is -2.11. The van der Waals surface area contributed by atoms with E-state index in [9.17, 15) is 4.79 Å². The van der Waals surface area contributed by atoms with Crippen LogP contribution in [-0.2, 0) is 0 Å². The number of hydrogen-bond acceptors (Lipinski definition) is 3. The molecule has 0 spiro atoms. The van der Waals surface area contributed by atoms with Crippen molar-refractivity contribution in [2.45, 2.75) is 13.8 Å². The van der Waals surface area contributed by atoms with E-state index in [0.29, 0.717) is 18.1 Å². The fourth-order valence-corrected chi connectivity index (χ4v) is 1.76. The first-order valence-electron chi connectivity index (χ1n) is 6.35. The molecule has 0 fully saturated rings. The third-order valence-corrected chi connectivity index (χ3v) is 2.78. The minimum Gasteiger partial charge on any atom is -0.494 e. The number of carboxylic acids is 1. The Bertz CT molecular complexity index is 620. The standard InChI is InChI=1S/C16H16O4/c1-3-19-13-5-4-6-14(10-13)20-15-9-12(16(17)18)8-7-11(15)2/h4-10H,3H2,1-2H3,(H,17,18). The minimum atomic E-state index is -0.974. The van der Waals surface area contributed by atoms with E-state index in [-0.39, 0.29) is 5.56 Å². The predicted octanol–water partition coefficient (Wildman–Crippen LogP) is 3.88. The lowest BCUT2D eigenvalue weighted by molar-refractivity contribution is 0.0696. The SMILES string of the molecule is CCOc1cccc(Oc2cc(C(=O)O)ccc2C)c1. The van der Waals surface area contributed by atoms with Crippen LogP contribution in [0.25, 0.3) is 0 Å². The normalized spacial score (nSPS) is 10.1. The summed E-state index contributed by atoms with van der Waals surface area (Å²) in [4.78, 5) is 11.0. The molecule has 20 heavy (non-hydrogen) atoms. The maximum Gasteiger partial charge on any atom is 0.335 e. The molecule has 104 valence electrons. The van der Waals surface area contributed by atoms with Gasteiger partial charge < -0.3 is 14.6 Å². The van der Waals surface area contributed by atoms with Crippen molar-refractivity contribution in [3.8, 4) is 17.2 Å². The van der Waals surface area contributed by atoms with Gasteiger partial charge in [-0.15, -0.1) is 0 Å². The van der Waals surface area contributed by atoms with Gasteiger partial charge in [0.1, 0.15) is 17.2 Å². The van der Waals surface area contributed by atoms with Crippen LogP contribution in [0.4, 0.5) is 0 Å². The molecule has 0 aliphatic rings. The molecule has 0 aliphatic heterocycles. The van der Waals surface area contributed by atoms with Crippen molar-refractivity contribution >= 4 is 5.97 Å². The van der Waals surface area contributed by atoms with Gasteiger partial charge in [-0.1, -0.05) is 12.1 Å². The predicted molar refractivity (Wildman–Crippen MR) is 75.8 cm³/mol. The summed E-state index contributed by atoms with van der Waals surface area (Å²) in [5.41, 5.74) is 1.07. The molecule has 0 bridgehead atoms. The van der Waals surface area contributed by atoms with E-state index in [2.05, 4.69) is 0 Å². The molecule has 4 nitrogen and oxygen atoms in total. The third-order valence-electron chi connectivity index (χ3n) is 2.78. The minimum absolute atomic E-state index is 0.201. The molecule has 1 N–H and O–H groups in total. The molecule has 2 rings (SSSR count). The number of carbonyl (C=O) groups is 1. The highest BCUT2D eigenvalue weighted by Crippen LogP contribution is 2.28. The Hall–Kier alpha value is -2.49. The summed E-state index contributed by atoms with van der Waals surface area (Å²) in [6.45, 7) is 4.36. The molecule has 0 heterocycles. The van der Waals surface area contributed by atoms with Gasteiger partial charge in [-0.25, -0.2) is 4.79 Å². The van der Waals surface area contributed by atoms with E-state index in [1.165, 1.54) is 6.07 Å². The Kier molecular flexibility index (Phi) is 4.25. The molecule has 0 radical (unpaired) electrons. The van der Waals surface area contributed by atoms with Crippen LogP contribution in [0.2, 0.25) is 0 Å². The van der Waals surface area contributed by atoms with Crippen LogP contribution >= 0.6 is 0 Å². The zero-order valence-electron chi connectivity index (χ0n) is 11.4. The summed E-state index contributed by atoms with van der Waals surface area (Å²) >= 11 is 0. The third kappa shape index (κ3) is 3.29. The Balaban J connectivity index is 2.27. The van der Waals surface area contributed by atoms with Gasteiger partial charge in [0.15, 0.2) is 0 Å². The monoisotopic (exact) mass is 272 g/mol. The van der Waals surface area contributed by atoms with Crippen molar-refractivity contribution in [2.24, 2.45) is 0 Å². The Morgan fingerprint density at radius 3 is 2.60 bits per heavy atom. The first kappa shape index (κ1) is 13.9. The summed E-state index contributed by atoms with van der Waals surface area (Å²) in [5.74, 6) is 0.884. The molecule has 4 heteroatoms.